The fourth-order valence-electron chi connectivity index (χ4n) is 2.49. The van der Waals surface area contributed by atoms with Crippen molar-refractivity contribution in [3.05, 3.63) is 35.4 Å². The summed E-state index contributed by atoms with van der Waals surface area (Å²) in [5, 5.41) is 9.09. The number of aryl methyl sites for hydroxylation is 2. The Balaban J connectivity index is 2.42. The highest BCUT2D eigenvalue weighted by molar-refractivity contribution is 5.77. The molecule has 0 fully saturated rings. The van der Waals surface area contributed by atoms with E-state index in [4.69, 9.17) is 10.8 Å². The normalized spacial score (nSPS) is 15.6. The molecule has 0 heterocycles. The first-order valence-corrected chi connectivity index (χ1v) is 7.43. The Labute approximate surface area is 122 Å². The Hall–Kier alpha value is -1.35. The maximum Gasteiger partial charge on any atom is 0.323 e. The van der Waals surface area contributed by atoms with Gasteiger partial charge in [-0.2, -0.15) is 0 Å². The fraction of sp³-hybridized carbons (Fsp3) is 0.588. The van der Waals surface area contributed by atoms with Gasteiger partial charge in [0.2, 0.25) is 0 Å². The number of carbonyl (C=O) groups is 1. The van der Waals surface area contributed by atoms with Gasteiger partial charge in [-0.25, -0.2) is 0 Å². The quantitative estimate of drug-likeness (QED) is 0.764. The first-order valence-electron chi connectivity index (χ1n) is 7.43. The summed E-state index contributed by atoms with van der Waals surface area (Å²) in [4.78, 5) is 11.1. The van der Waals surface area contributed by atoms with E-state index in [9.17, 15) is 4.79 Å². The Morgan fingerprint density at radius 3 is 2.45 bits per heavy atom. The van der Waals surface area contributed by atoms with E-state index in [2.05, 4.69) is 38.1 Å². The molecule has 3 heteroatoms. The summed E-state index contributed by atoms with van der Waals surface area (Å²) in [7, 11) is 0. The van der Waals surface area contributed by atoms with Gasteiger partial charge in [-0.3, -0.25) is 4.79 Å². The van der Waals surface area contributed by atoms with Crippen LogP contribution in [-0.2, 0) is 11.2 Å². The number of nitrogens with two attached hydrogens (primary N) is 1. The van der Waals surface area contributed by atoms with Gasteiger partial charge < -0.3 is 10.8 Å². The minimum Gasteiger partial charge on any atom is -0.480 e. The van der Waals surface area contributed by atoms with Gasteiger partial charge in [0.05, 0.1) is 0 Å². The number of rotatable bonds is 8. The summed E-state index contributed by atoms with van der Waals surface area (Å²) >= 11 is 0. The Morgan fingerprint density at radius 1 is 1.35 bits per heavy atom. The molecule has 1 aromatic rings. The van der Waals surface area contributed by atoms with E-state index in [1.54, 1.807) is 6.92 Å². The fourth-order valence-corrected chi connectivity index (χ4v) is 2.49. The molecule has 1 rings (SSSR count). The van der Waals surface area contributed by atoms with Crippen LogP contribution in [0.5, 0.6) is 0 Å². The van der Waals surface area contributed by atoms with E-state index in [0.29, 0.717) is 12.3 Å². The molecule has 1 aromatic carbocycles. The molecule has 112 valence electrons. The topological polar surface area (TPSA) is 63.3 Å². The van der Waals surface area contributed by atoms with E-state index < -0.39 is 11.5 Å². The zero-order valence-corrected chi connectivity index (χ0v) is 12.9. The molecule has 0 saturated heterocycles. The lowest BCUT2D eigenvalue weighted by Crippen LogP contribution is -2.46. The van der Waals surface area contributed by atoms with Crippen LogP contribution in [0.4, 0.5) is 0 Å². The van der Waals surface area contributed by atoms with Gasteiger partial charge in [0.25, 0.3) is 0 Å². The summed E-state index contributed by atoms with van der Waals surface area (Å²) in [6, 6.07) is 8.60. The summed E-state index contributed by atoms with van der Waals surface area (Å²) in [5.41, 5.74) is 7.35. The molecule has 0 saturated carbocycles. The van der Waals surface area contributed by atoms with Gasteiger partial charge >= 0.3 is 5.97 Å². The van der Waals surface area contributed by atoms with Crippen molar-refractivity contribution in [3.63, 3.8) is 0 Å². The highest BCUT2D eigenvalue weighted by Crippen LogP contribution is 2.23. The lowest BCUT2D eigenvalue weighted by Gasteiger charge is -2.25. The predicted molar refractivity (Wildman–Crippen MR) is 82.7 cm³/mol. The van der Waals surface area contributed by atoms with Crippen molar-refractivity contribution in [1.82, 2.24) is 0 Å². The van der Waals surface area contributed by atoms with Gasteiger partial charge in [0, 0.05) is 0 Å². The van der Waals surface area contributed by atoms with E-state index >= 15 is 0 Å². The molecule has 0 amide bonds. The van der Waals surface area contributed by atoms with E-state index in [1.165, 1.54) is 11.1 Å². The first-order chi connectivity index (χ1) is 9.35. The van der Waals surface area contributed by atoms with Crippen LogP contribution >= 0.6 is 0 Å². The lowest BCUT2D eigenvalue weighted by molar-refractivity contribution is -0.143. The summed E-state index contributed by atoms with van der Waals surface area (Å²) in [6.07, 6.45) is 4.69. The lowest BCUT2D eigenvalue weighted by atomic mass is 9.85. The van der Waals surface area contributed by atoms with Crippen LogP contribution in [0.15, 0.2) is 24.3 Å². The summed E-state index contributed by atoms with van der Waals surface area (Å²) in [5.74, 6) is -0.527. The minimum absolute atomic E-state index is 0.381. The monoisotopic (exact) mass is 277 g/mol. The van der Waals surface area contributed by atoms with Crippen LogP contribution in [0, 0.1) is 12.8 Å². The molecule has 20 heavy (non-hydrogen) atoms. The number of carboxylic acid groups (broad SMARTS) is 1. The SMILES string of the molecule is CCC(CCCc1ccc(C)cc1)CC(C)(N)C(=O)O. The third-order valence-electron chi connectivity index (χ3n) is 3.98. The van der Waals surface area contributed by atoms with Crippen molar-refractivity contribution >= 4 is 5.97 Å². The smallest absolute Gasteiger partial charge is 0.323 e. The van der Waals surface area contributed by atoms with Crippen LogP contribution in [0.25, 0.3) is 0 Å². The predicted octanol–water partition coefficient (Wildman–Crippen LogP) is 3.54. The third kappa shape index (κ3) is 5.33. The van der Waals surface area contributed by atoms with Gasteiger partial charge in [0.15, 0.2) is 0 Å². The van der Waals surface area contributed by atoms with Crippen LogP contribution < -0.4 is 5.73 Å². The zero-order valence-electron chi connectivity index (χ0n) is 12.9. The number of hydrogen-bond donors (Lipinski definition) is 2. The molecular weight excluding hydrogens is 250 g/mol. The number of benzene rings is 1. The zero-order chi connectivity index (χ0) is 15.2. The molecule has 0 aliphatic heterocycles. The largest absolute Gasteiger partial charge is 0.480 e. The third-order valence-corrected chi connectivity index (χ3v) is 3.98. The maximum absolute atomic E-state index is 11.1. The number of hydrogen-bond acceptors (Lipinski definition) is 2. The average molecular weight is 277 g/mol. The second-order valence-corrected chi connectivity index (χ2v) is 6.08. The Bertz CT molecular complexity index is 423. The van der Waals surface area contributed by atoms with E-state index in [1.807, 2.05) is 0 Å². The van der Waals surface area contributed by atoms with E-state index in [-0.39, 0.29) is 0 Å². The van der Waals surface area contributed by atoms with Gasteiger partial charge in [0.1, 0.15) is 5.54 Å². The minimum atomic E-state index is -1.11. The average Bonchev–Trinajstić information content (AvgIpc) is 2.39. The van der Waals surface area contributed by atoms with Crippen molar-refractivity contribution in [3.8, 4) is 0 Å². The molecule has 0 aromatic heterocycles. The highest BCUT2D eigenvalue weighted by atomic mass is 16.4. The van der Waals surface area contributed by atoms with Gasteiger partial charge in [-0.05, 0) is 44.6 Å². The van der Waals surface area contributed by atoms with Crippen LogP contribution in [-0.4, -0.2) is 16.6 Å². The Kier molecular flexibility index (Phi) is 6.21. The van der Waals surface area contributed by atoms with Crippen LogP contribution in [0.1, 0.15) is 50.7 Å². The van der Waals surface area contributed by atoms with Gasteiger partial charge in [-0.1, -0.05) is 49.6 Å². The molecular formula is C17H27NO2. The maximum atomic E-state index is 11.1. The molecule has 3 N–H and O–H groups in total. The summed E-state index contributed by atoms with van der Waals surface area (Å²) in [6.45, 7) is 5.80. The molecule has 2 atom stereocenters. The first kappa shape index (κ1) is 16.7. The molecule has 2 unspecified atom stereocenters. The van der Waals surface area contributed by atoms with Crippen molar-refractivity contribution in [2.75, 3.05) is 0 Å². The molecule has 0 spiro atoms. The van der Waals surface area contributed by atoms with E-state index in [0.717, 1.165) is 25.7 Å². The van der Waals surface area contributed by atoms with Crippen molar-refractivity contribution in [2.45, 2.75) is 58.4 Å². The molecule has 0 radical (unpaired) electrons. The number of carboxylic acids is 1. The van der Waals surface area contributed by atoms with Crippen LogP contribution in [0.3, 0.4) is 0 Å². The molecule has 3 nitrogen and oxygen atoms in total. The van der Waals surface area contributed by atoms with Gasteiger partial charge in [-0.15, -0.1) is 0 Å². The standard InChI is InChI=1S/C17H27NO2/c1-4-14(12-17(3,18)16(19)20)6-5-7-15-10-8-13(2)9-11-15/h8-11,14H,4-7,12,18H2,1-3H3,(H,19,20). The Morgan fingerprint density at radius 2 is 1.95 bits per heavy atom. The summed E-state index contributed by atoms with van der Waals surface area (Å²) < 4.78 is 0. The second kappa shape index (κ2) is 7.44. The van der Waals surface area contributed by atoms with Crippen LogP contribution in [0.2, 0.25) is 0 Å². The van der Waals surface area contributed by atoms with Crippen molar-refractivity contribution in [2.24, 2.45) is 11.7 Å². The molecule has 0 aliphatic carbocycles. The van der Waals surface area contributed by atoms with Crippen molar-refractivity contribution in [1.29, 1.82) is 0 Å². The highest BCUT2D eigenvalue weighted by Gasteiger charge is 2.30. The number of aliphatic carboxylic acids is 1. The van der Waals surface area contributed by atoms with Crippen molar-refractivity contribution < 1.29 is 9.90 Å². The molecule has 0 aliphatic rings. The second-order valence-electron chi connectivity index (χ2n) is 6.08. The molecule has 0 bridgehead atoms.